The lowest BCUT2D eigenvalue weighted by Gasteiger charge is -2.29. The number of rotatable bonds is 4. The molecule has 2 rings (SSSR count). The fraction of sp³-hybridized carbons (Fsp3) is 0.700. The first-order chi connectivity index (χ1) is 9.99. The maximum atomic E-state index is 3.89. The second kappa shape index (κ2) is 7.45. The second-order valence-corrected chi connectivity index (χ2v) is 7.24. The highest BCUT2D eigenvalue weighted by atomic mass is 14.9. The highest BCUT2D eigenvalue weighted by Crippen LogP contribution is 2.28. The average Bonchev–Trinajstić information content (AvgIpc) is 2.65. The Kier molecular flexibility index (Phi) is 5.87. The predicted molar refractivity (Wildman–Crippen MR) is 92.9 cm³/mol. The Morgan fingerprint density at radius 2 is 1.43 bits per heavy atom. The van der Waals surface area contributed by atoms with E-state index in [1.54, 1.807) is 0 Å². The summed E-state index contributed by atoms with van der Waals surface area (Å²) < 4.78 is 0. The standard InChI is InChI=1S/C20H33N/c1-14-12-15(2)20(16(3)13-14)18(5)21-17(4)19-10-8-6-7-9-11-19/h12-13,17-19,21H,6-11H2,1-5H3/t17-,18?/m1/s1. The van der Waals surface area contributed by atoms with Crippen LogP contribution in [-0.4, -0.2) is 6.04 Å². The van der Waals surface area contributed by atoms with E-state index in [2.05, 4.69) is 52.1 Å². The third kappa shape index (κ3) is 4.32. The molecule has 0 bridgehead atoms. The van der Waals surface area contributed by atoms with Gasteiger partial charge in [0.2, 0.25) is 0 Å². The van der Waals surface area contributed by atoms with Gasteiger partial charge in [-0.15, -0.1) is 0 Å². The van der Waals surface area contributed by atoms with Crippen LogP contribution in [0.2, 0.25) is 0 Å². The van der Waals surface area contributed by atoms with Crippen LogP contribution in [0.25, 0.3) is 0 Å². The van der Waals surface area contributed by atoms with Gasteiger partial charge in [0, 0.05) is 12.1 Å². The molecule has 1 N–H and O–H groups in total. The van der Waals surface area contributed by atoms with Gasteiger partial charge in [0.1, 0.15) is 0 Å². The fourth-order valence-electron chi connectivity index (χ4n) is 4.30. The van der Waals surface area contributed by atoms with Crippen molar-refractivity contribution in [3.05, 3.63) is 34.4 Å². The van der Waals surface area contributed by atoms with Crippen LogP contribution in [0.1, 0.15) is 80.7 Å². The van der Waals surface area contributed by atoms with E-state index < -0.39 is 0 Å². The maximum absolute atomic E-state index is 3.89. The summed E-state index contributed by atoms with van der Waals surface area (Å²) in [6.07, 6.45) is 8.55. The van der Waals surface area contributed by atoms with Crippen molar-refractivity contribution in [1.82, 2.24) is 5.32 Å². The average molecular weight is 287 g/mol. The van der Waals surface area contributed by atoms with Crippen molar-refractivity contribution in [1.29, 1.82) is 0 Å². The van der Waals surface area contributed by atoms with Gasteiger partial charge in [-0.25, -0.2) is 0 Å². The number of hydrogen-bond donors (Lipinski definition) is 1. The number of aryl methyl sites for hydroxylation is 3. The van der Waals surface area contributed by atoms with Crippen LogP contribution in [0.5, 0.6) is 0 Å². The van der Waals surface area contributed by atoms with Gasteiger partial charge in [-0.2, -0.15) is 0 Å². The van der Waals surface area contributed by atoms with E-state index in [4.69, 9.17) is 0 Å². The molecule has 21 heavy (non-hydrogen) atoms. The molecule has 1 unspecified atom stereocenters. The van der Waals surface area contributed by atoms with Crippen molar-refractivity contribution in [2.45, 2.75) is 85.2 Å². The predicted octanol–water partition coefficient (Wildman–Crippen LogP) is 5.62. The third-order valence-electron chi connectivity index (χ3n) is 5.29. The summed E-state index contributed by atoms with van der Waals surface area (Å²) in [7, 11) is 0. The number of nitrogens with one attached hydrogen (secondary N) is 1. The molecule has 0 aliphatic heterocycles. The molecule has 1 saturated carbocycles. The van der Waals surface area contributed by atoms with Crippen molar-refractivity contribution >= 4 is 0 Å². The Bertz CT molecular complexity index is 432. The van der Waals surface area contributed by atoms with Crippen LogP contribution in [0.15, 0.2) is 12.1 Å². The van der Waals surface area contributed by atoms with Gasteiger partial charge in [0.05, 0.1) is 0 Å². The van der Waals surface area contributed by atoms with E-state index in [9.17, 15) is 0 Å². The zero-order valence-electron chi connectivity index (χ0n) is 14.6. The molecule has 0 radical (unpaired) electrons. The Hall–Kier alpha value is -0.820. The largest absolute Gasteiger partial charge is 0.307 e. The molecule has 0 saturated heterocycles. The Morgan fingerprint density at radius 1 is 0.905 bits per heavy atom. The van der Waals surface area contributed by atoms with Crippen molar-refractivity contribution < 1.29 is 0 Å². The highest BCUT2D eigenvalue weighted by Gasteiger charge is 2.21. The molecule has 118 valence electrons. The Balaban J connectivity index is 2.05. The molecule has 1 nitrogen and oxygen atoms in total. The first-order valence-electron chi connectivity index (χ1n) is 8.83. The molecule has 1 aliphatic rings. The Morgan fingerprint density at radius 3 is 1.95 bits per heavy atom. The first kappa shape index (κ1) is 16.5. The van der Waals surface area contributed by atoms with E-state index in [0.717, 1.165) is 5.92 Å². The third-order valence-corrected chi connectivity index (χ3v) is 5.29. The monoisotopic (exact) mass is 287 g/mol. The quantitative estimate of drug-likeness (QED) is 0.708. The summed E-state index contributed by atoms with van der Waals surface area (Å²) >= 11 is 0. The lowest BCUT2D eigenvalue weighted by atomic mass is 9.90. The summed E-state index contributed by atoms with van der Waals surface area (Å²) in [6.45, 7) is 11.4. The maximum Gasteiger partial charge on any atom is 0.0299 e. The van der Waals surface area contributed by atoms with Gasteiger partial charge in [-0.05, 0) is 70.1 Å². The minimum Gasteiger partial charge on any atom is -0.307 e. The minimum absolute atomic E-state index is 0.448. The molecule has 0 spiro atoms. The zero-order valence-corrected chi connectivity index (χ0v) is 14.6. The molecule has 0 aromatic heterocycles. The molecule has 0 amide bonds. The molecule has 1 aromatic carbocycles. The molecular formula is C20H33N. The van der Waals surface area contributed by atoms with Gasteiger partial charge >= 0.3 is 0 Å². The van der Waals surface area contributed by atoms with E-state index >= 15 is 0 Å². The van der Waals surface area contributed by atoms with E-state index in [0.29, 0.717) is 12.1 Å². The number of hydrogen-bond acceptors (Lipinski definition) is 1. The molecule has 1 fully saturated rings. The van der Waals surface area contributed by atoms with Crippen LogP contribution in [0.3, 0.4) is 0 Å². The normalized spacial score (nSPS) is 20.0. The molecule has 2 atom stereocenters. The number of benzene rings is 1. The lowest BCUT2D eigenvalue weighted by molar-refractivity contribution is 0.316. The van der Waals surface area contributed by atoms with E-state index in [1.807, 2.05) is 0 Å². The van der Waals surface area contributed by atoms with Crippen molar-refractivity contribution in [3.63, 3.8) is 0 Å². The summed E-state index contributed by atoms with van der Waals surface area (Å²) in [5.41, 5.74) is 5.74. The van der Waals surface area contributed by atoms with Gasteiger partial charge in [-0.3, -0.25) is 0 Å². The van der Waals surface area contributed by atoms with Gasteiger partial charge in [0.25, 0.3) is 0 Å². The zero-order chi connectivity index (χ0) is 15.4. The highest BCUT2D eigenvalue weighted by molar-refractivity contribution is 5.39. The van der Waals surface area contributed by atoms with Crippen molar-refractivity contribution in [2.75, 3.05) is 0 Å². The molecule has 1 heteroatoms. The smallest absolute Gasteiger partial charge is 0.0299 e. The van der Waals surface area contributed by atoms with Crippen LogP contribution >= 0.6 is 0 Å². The van der Waals surface area contributed by atoms with E-state index in [1.165, 1.54) is 60.8 Å². The van der Waals surface area contributed by atoms with Crippen LogP contribution in [0.4, 0.5) is 0 Å². The Labute approximate surface area is 131 Å². The minimum atomic E-state index is 0.448. The summed E-state index contributed by atoms with van der Waals surface area (Å²) in [5, 5.41) is 3.89. The van der Waals surface area contributed by atoms with E-state index in [-0.39, 0.29) is 0 Å². The van der Waals surface area contributed by atoms with Crippen LogP contribution in [-0.2, 0) is 0 Å². The van der Waals surface area contributed by atoms with Crippen LogP contribution < -0.4 is 5.32 Å². The van der Waals surface area contributed by atoms with Gasteiger partial charge < -0.3 is 5.32 Å². The summed E-state index contributed by atoms with van der Waals surface area (Å²) in [5.74, 6) is 0.862. The van der Waals surface area contributed by atoms with Crippen molar-refractivity contribution in [3.8, 4) is 0 Å². The lowest BCUT2D eigenvalue weighted by Crippen LogP contribution is -2.35. The summed E-state index contributed by atoms with van der Waals surface area (Å²) in [6, 6.07) is 5.70. The fourth-order valence-corrected chi connectivity index (χ4v) is 4.30. The molecule has 1 aliphatic carbocycles. The molecule has 1 aromatic rings. The van der Waals surface area contributed by atoms with Gasteiger partial charge in [0.15, 0.2) is 0 Å². The SMILES string of the molecule is Cc1cc(C)c(C(C)N[C@H](C)C2CCCCCC2)c(C)c1. The van der Waals surface area contributed by atoms with Crippen LogP contribution in [0, 0.1) is 26.7 Å². The topological polar surface area (TPSA) is 12.0 Å². The summed E-state index contributed by atoms with van der Waals surface area (Å²) in [4.78, 5) is 0. The molecule has 0 heterocycles. The molecular weight excluding hydrogens is 254 g/mol. The second-order valence-electron chi connectivity index (χ2n) is 7.24. The van der Waals surface area contributed by atoms with Gasteiger partial charge in [-0.1, -0.05) is 43.4 Å². The first-order valence-corrected chi connectivity index (χ1v) is 8.83. The van der Waals surface area contributed by atoms with Crippen molar-refractivity contribution in [2.24, 2.45) is 5.92 Å².